The summed E-state index contributed by atoms with van der Waals surface area (Å²) in [6, 6.07) is 4.55. The van der Waals surface area contributed by atoms with E-state index in [4.69, 9.17) is 10.5 Å². The van der Waals surface area contributed by atoms with E-state index in [2.05, 4.69) is 36.8 Å². The van der Waals surface area contributed by atoms with Gasteiger partial charge in [-0.3, -0.25) is 0 Å². The van der Waals surface area contributed by atoms with Gasteiger partial charge in [-0.25, -0.2) is 4.98 Å². The number of nitrogens with zero attached hydrogens (tertiary/aromatic N) is 2. The Bertz CT molecular complexity index is 434. The Morgan fingerprint density at radius 3 is 2.85 bits per heavy atom. The second kappa shape index (κ2) is 7.04. The normalized spacial score (nSPS) is 20.4. The maximum absolute atomic E-state index is 5.94. The molecule has 1 aromatic rings. The van der Waals surface area contributed by atoms with Crippen LogP contribution in [0.2, 0.25) is 0 Å². The Labute approximate surface area is 122 Å². The van der Waals surface area contributed by atoms with Gasteiger partial charge in [0.1, 0.15) is 6.61 Å². The quantitative estimate of drug-likeness (QED) is 0.898. The third-order valence-corrected chi connectivity index (χ3v) is 4.05. The van der Waals surface area contributed by atoms with Gasteiger partial charge in [0.15, 0.2) is 0 Å². The Morgan fingerprint density at radius 2 is 2.20 bits per heavy atom. The van der Waals surface area contributed by atoms with E-state index in [9.17, 15) is 0 Å². The largest absolute Gasteiger partial charge is 0.476 e. The lowest BCUT2D eigenvalue weighted by Gasteiger charge is -2.32. The molecule has 0 spiro atoms. The number of rotatable bonds is 5. The van der Waals surface area contributed by atoms with Crippen molar-refractivity contribution in [2.45, 2.75) is 51.6 Å². The highest BCUT2D eigenvalue weighted by molar-refractivity contribution is 5.26. The molecule has 0 saturated carbocycles. The maximum atomic E-state index is 5.94. The van der Waals surface area contributed by atoms with E-state index in [0.717, 1.165) is 23.7 Å². The zero-order valence-electron chi connectivity index (χ0n) is 12.9. The van der Waals surface area contributed by atoms with Gasteiger partial charge >= 0.3 is 0 Å². The molecule has 20 heavy (non-hydrogen) atoms. The summed E-state index contributed by atoms with van der Waals surface area (Å²) in [6.45, 7) is 6.70. The minimum absolute atomic E-state index is 0.390. The van der Waals surface area contributed by atoms with E-state index in [1.165, 1.54) is 25.8 Å². The first-order valence-electron chi connectivity index (χ1n) is 7.64. The molecule has 0 radical (unpaired) electrons. The van der Waals surface area contributed by atoms with E-state index in [0.29, 0.717) is 18.5 Å². The number of likely N-dealkylation sites (N-methyl/N-ethyl adjacent to an activating group) is 1. The highest BCUT2D eigenvalue weighted by Gasteiger charge is 2.19. The molecule has 4 heteroatoms. The number of pyridine rings is 1. The van der Waals surface area contributed by atoms with Gasteiger partial charge in [0.25, 0.3) is 0 Å². The third-order valence-electron chi connectivity index (χ3n) is 4.05. The van der Waals surface area contributed by atoms with Crippen LogP contribution in [0, 0.1) is 0 Å². The molecule has 0 aliphatic carbocycles. The Morgan fingerprint density at radius 1 is 1.40 bits per heavy atom. The predicted molar refractivity (Wildman–Crippen MR) is 82.0 cm³/mol. The van der Waals surface area contributed by atoms with E-state index in [1.807, 2.05) is 6.07 Å². The number of likely N-dealkylation sites (tertiary alicyclic amines) is 1. The summed E-state index contributed by atoms with van der Waals surface area (Å²) >= 11 is 0. The summed E-state index contributed by atoms with van der Waals surface area (Å²) in [5, 5.41) is 0. The van der Waals surface area contributed by atoms with E-state index < -0.39 is 0 Å². The average Bonchev–Trinajstić information content (AvgIpc) is 2.46. The van der Waals surface area contributed by atoms with Crippen molar-refractivity contribution in [2.24, 2.45) is 5.73 Å². The molecule has 2 heterocycles. The van der Waals surface area contributed by atoms with E-state index in [-0.39, 0.29) is 0 Å². The highest BCUT2D eigenvalue weighted by Crippen LogP contribution is 2.20. The van der Waals surface area contributed by atoms with Crippen molar-refractivity contribution >= 4 is 0 Å². The van der Waals surface area contributed by atoms with Crippen LogP contribution in [-0.2, 0) is 6.54 Å². The van der Waals surface area contributed by atoms with Gasteiger partial charge in [0, 0.05) is 24.3 Å². The Kier molecular flexibility index (Phi) is 5.38. The van der Waals surface area contributed by atoms with E-state index >= 15 is 0 Å². The smallest absolute Gasteiger partial charge is 0.213 e. The molecule has 1 aliphatic rings. The molecule has 112 valence electrons. The summed E-state index contributed by atoms with van der Waals surface area (Å²) < 4.78 is 5.94. The molecule has 0 aromatic carbocycles. The standard InChI is InChI=1S/C16H27N3O/c1-12(2)15-8-13(10-17)9-16(18-15)20-11-14-6-4-5-7-19(14)3/h8-9,12,14H,4-7,10-11,17H2,1-3H3. The van der Waals surface area contributed by atoms with Crippen LogP contribution in [0.5, 0.6) is 5.88 Å². The van der Waals surface area contributed by atoms with Crippen molar-refractivity contribution in [3.8, 4) is 5.88 Å². The van der Waals surface area contributed by atoms with Crippen molar-refractivity contribution in [3.63, 3.8) is 0 Å². The van der Waals surface area contributed by atoms with Crippen molar-refractivity contribution in [1.82, 2.24) is 9.88 Å². The number of nitrogens with two attached hydrogens (primary N) is 1. The SMILES string of the molecule is CC(C)c1cc(CN)cc(OCC2CCCCN2C)n1. The van der Waals surface area contributed by atoms with Crippen LogP contribution >= 0.6 is 0 Å². The molecule has 0 amide bonds. The molecule has 2 rings (SSSR count). The lowest BCUT2D eigenvalue weighted by Crippen LogP contribution is -2.40. The first-order valence-corrected chi connectivity index (χ1v) is 7.64. The molecule has 1 atom stereocenters. The van der Waals surface area contributed by atoms with Crippen molar-refractivity contribution in [3.05, 3.63) is 23.4 Å². The third kappa shape index (κ3) is 3.93. The Balaban J connectivity index is 2.02. The van der Waals surface area contributed by atoms with Gasteiger partial charge in [-0.2, -0.15) is 0 Å². The summed E-state index contributed by atoms with van der Waals surface area (Å²) in [5.41, 5.74) is 7.91. The van der Waals surface area contributed by atoms with Crippen molar-refractivity contribution in [2.75, 3.05) is 20.2 Å². The fourth-order valence-electron chi connectivity index (χ4n) is 2.61. The van der Waals surface area contributed by atoms with Gasteiger partial charge in [0.2, 0.25) is 5.88 Å². The number of piperidine rings is 1. The number of hydrogen-bond acceptors (Lipinski definition) is 4. The zero-order chi connectivity index (χ0) is 14.5. The van der Waals surface area contributed by atoms with Crippen LogP contribution in [0.4, 0.5) is 0 Å². The summed E-state index contributed by atoms with van der Waals surface area (Å²) in [7, 11) is 2.18. The molecule has 1 saturated heterocycles. The topological polar surface area (TPSA) is 51.4 Å². The molecule has 1 aliphatic heterocycles. The van der Waals surface area contributed by atoms with E-state index in [1.54, 1.807) is 0 Å². The summed E-state index contributed by atoms with van der Waals surface area (Å²) in [6.07, 6.45) is 3.81. The average molecular weight is 277 g/mol. The second-order valence-electron chi connectivity index (χ2n) is 6.04. The molecular formula is C16H27N3O. The van der Waals surface area contributed by atoms with Crippen LogP contribution in [0.3, 0.4) is 0 Å². The number of aromatic nitrogens is 1. The molecular weight excluding hydrogens is 250 g/mol. The second-order valence-corrected chi connectivity index (χ2v) is 6.04. The predicted octanol–water partition coefficient (Wildman–Crippen LogP) is 2.53. The molecule has 1 aromatic heterocycles. The Hall–Kier alpha value is -1.13. The van der Waals surface area contributed by atoms with Crippen LogP contribution in [0.25, 0.3) is 0 Å². The minimum Gasteiger partial charge on any atom is -0.476 e. The van der Waals surface area contributed by atoms with Gasteiger partial charge in [-0.15, -0.1) is 0 Å². The highest BCUT2D eigenvalue weighted by atomic mass is 16.5. The van der Waals surface area contributed by atoms with Crippen molar-refractivity contribution < 1.29 is 4.74 Å². The van der Waals surface area contributed by atoms with Crippen LogP contribution in [0.1, 0.15) is 50.3 Å². The van der Waals surface area contributed by atoms with Crippen molar-refractivity contribution in [1.29, 1.82) is 0 Å². The van der Waals surface area contributed by atoms with Crippen LogP contribution in [0.15, 0.2) is 12.1 Å². The first-order chi connectivity index (χ1) is 9.60. The molecule has 1 unspecified atom stereocenters. The number of hydrogen-bond donors (Lipinski definition) is 1. The molecule has 4 nitrogen and oxygen atoms in total. The monoisotopic (exact) mass is 277 g/mol. The fourth-order valence-corrected chi connectivity index (χ4v) is 2.61. The molecule has 0 bridgehead atoms. The fraction of sp³-hybridized carbons (Fsp3) is 0.688. The summed E-state index contributed by atoms with van der Waals surface area (Å²) in [5.74, 6) is 1.11. The van der Waals surface area contributed by atoms with Gasteiger partial charge in [-0.1, -0.05) is 20.3 Å². The van der Waals surface area contributed by atoms with Crippen LogP contribution < -0.4 is 10.5 Å². The van der Waals surface area contributed by atoms with Gasteiger partial charge in [0.05, 0.1) is 0 Å². The number of ether oxygens (including phenoxy) is 1. The zero-order valence-corrected chi connectivity index (χ0v) is 12.9. The van der Waals surface area contributed by atoms with Gasteiger partial charge < -0.3 is 15.4 Å². The molecule has 2 N–H and O–H groups in total. The lowest BCUT2D eigenvalue weighted by molar-refractivity contribution is 0.122. The van der Waals surface area contributed by atoms with Gasteiger partial charge in [-0.05, 0) is 44.0 Å². The first kappa shape index (κ1) is 15.3. The lowest BCUT2D eigenvalue weighted by atomic mass is 10.0. The summed E-state index contributed by atoms with van der Waals surface area (Å²) in [4.78, 5) is 6.98. The minimum atomic E-state index is 0.390. The van der Waals surface area contributed by atoms with Crippen LogP contribution in [-0.4, -0.2) is 36.1 Å². The maximum Gasteiger partial charge on any atom is 0.213 e. The molecule has 1 fully saturated rings.